The fraction of sp³-hybridized carbons (Fsp3) is 0.250. The van der Waals surface area contributed by atoms with E-state index in [0.29, 0.717) is 10.0 Å². The number of rotatable bonds is 5. The lowest BCUT2D eigenvalue weighted by molar-refractivity contribution is 0.521. The molecule has 2 nitrogen and oxygen atoms in total. The summed E-state index contributed by atoms with van der Waals surface area (Å²) in [6.07, 6.45) is 1.59. The maximum Gasteiger partial charge on any atom is 0.0624 e. The standard InChI is InChI=1S/C16H18Cl2N2/c1-11-5-2-3-6-12(11)9-14(20-19)10-13-7-4-8-15(17)16(13)18/h2-8,14,20H,9-10,19H2,1H3. The first-order valence-corrected chi connectivity index (χ1v) is 7.31. The molecule has 2 aromatic carbocycles. The zero-order valence-electron chi connectivity index (χ0n) is 11.4. The molecule has 0 fully saturated rings. The van der Waals surface area contributed by atoms with Crippen LogP contribution in [0.4, 0.5) is 0 Å². The van der Waals surface area contributed by atoms with Crippen LogP contribution in [0.15, 0.2) is 42.5 Å². The van der Waals surface area contributed by atoms with Crippen molar-refractivity contribution in [2.45, 2.75) is 25.8 Å². The normalized spacial score (nSPS) is 12.4. The van der Waals surface area contributed by atoms with E-state index in [1.54, 1.807) is 6.07 Å². The zero-order chi connectivity index (χ0) is 14.5. The van der Waals surface area contributed by atoms with E-state index in [-0.39, 0.29) is 6.04 Å². The second-order valence-corrected chi connectivity index (χ2v) is 5.70. The number of hydrogen-bond acceptors (Lipinski definition) is 2. The molecule has 4 heteroatoms. The molecule has 2 rings (SSSR count). The Bertz CT molecular complexity index is 584. The predicted octanol–water partition coefficient (Wildman–Crippen LogP) is 3.92. The van der Waals surface area contributed by atoms with E-state index in [9.17, 15) is 0 Å². The highest BCUT2D eigenvalue weighted by Crippen LogP contribution is 2.26. The van der Waals surface area contributed by atoms with Gasteiger partial charge in [-0.05, 0) is 42.5 Å². The fourth-order valence-electron chi connectivity index (χ4n) is 2.27. The molecule has 0 amide bonds. The molecule has 1 atom stereocenters. The molecule has 0 aliphatic heterocycles. The SMILES string of the molecule is Cc1ccccc1CC(Cc1cccc(Cl)c1Cl)NN. The van der Waals surface area contributed by atoms with Gasteiger partial charge in [0.2, 0.25) is 0 Å². The molecule has 0 aromatic heterocycles. The van der Waals surface area contributed by atoms with E-state index in [4.69, 9.17) is 29.0 Å². The summed E-state index contributed by atoms with van der Waals surface area (Å²) in [5.41, 5.74) is 6.44. The summed E-state index contributed by atoms with van der Waals surface area (Å²) in [5, 5.41) is 1.19. The number of nitrogens with one attached hydrogen (secondary N) is 1. The number of hydrogen-bond donors (Lipinski definition) is 2. The van der Waals surface area contributed by atoms with E-state index >= 15 is 0 Å². The van der Waals surface area contributed by atoms with Crippen molar-refractivity contribution in [2.24, 2.45) is 5.84 Å². The Hall–Kier alpha value is -1.06. The first-order valence-electron chi connectivity index (χ1n) is 6.55. The number of hydrazine groups is 1. The van der Waals surface area contributed by atoms with Crippen molar-refractivity contribution in [3.8, 4) is 0 Å². The number of nitrogens with two attached hydrogens (primary N) is 1. The quantitative estimate of drug-likeness (QED) is 0.649. The summed E-state index contributed by atoms with van der Waals surface area (Å²) in [4.78, 5) is 0. The smallest absolute Gasteiger partial charge is 0.0624 e. The van der Waals surface area contributed by atoms with Gasteiger partial charge in [-0.15, -0.1) is 0 Å². The van der Waals surface area contributed by atoms with Crippen LogP contribution >= 0.6 is 23.2 Å². The minimum Gasteiger partial charge on any atom is -0.271 e. The third-order valence-corrected chi connectivity index (χ3v) is 4.32. The van der Waals surface area contributed by atoms with Gasteiger partial charge in [0.25, 0.3) is 0 Å². The fourth-order valence-corrected chi connectivity index (χ4v) is 2.66. The Balaban J connectivity index is 2.14. The highest BCUT2D eigenvalue weighted by molar-refractivity contribution is 6.42. The van der Waals surface area contributed by atoms with Crippen LogP contribution in [-0.2, 0) is 12.8 Å². The van der Waals surface area contributed by atoms with Crippen molar-refractivity contribution in [3.05, 3.63) is 69.2 Å². The highest BCUT2D eigenvalue weighted by atomic mass is 35.5. The Morgan fingerprint density at radius 1 is 1.00 bits per heavy atom. The lowest BCUT2D eigenvalue weighted by atomic mass is 9.97. The average molecular weight is 309 g/mol. The third kappa shape index (κ3) is 3.74. The molecule has 0 bridgehead atoms. The average Bonchev–Trinajstić information content (AvgIpc) is 2.45. The van der Waals surface area contributed by atoms with E-state index in [1.807, 2.05) is 24.3 Å². The van der Waals surface area contributed by atoms with Crippen molar-refractivity contribution in [3.63, 3.8) is 0 Å². The Kier molecular flexibility index (Phi) is 5.44. The van der Waals surface area contributed by atoms with Crippen LogP contribution in [0.5, 0.6) is 0 Å². The largest absolute Gasteiger partial charge is 0.271 e. The van der Waals surface area contributed by atoms with Gasteiger partial charge in [-0.3, -0.25) is 11.3 Å². The Morgan fingerprint density at radius 3 is 2.35 bits per heavy atom. The molecule has 0 aliphatic carbocycles. The van der Waals surface area contributed by atoms with Gasteiger partial charge in [-0.2, -0.15) is 0 Å². The van der Waals surface area contributed by atoms with Crippen LogP contribution < -0.4 is 11.3 Å². The predicted molar refractivity (Wildman–Crippen MR) is 86.2 cm³/mol. The first-order chi connectivity index (χ1) is 9.61. The first kappa shape index (κ1) is 15.3. The van der Waals surface area contributed by atoms with Crippen molar-refractivity contribution >= 4 is 23.2 Å². The molecular formula is C16H18Cl2N2. The van der Waals surface area contributed by atoms with Crippen LogP contribution in [0, 0.1) is 6.92 Å². The van der Waals surface area contributed by atoms with Crippen molar-refractivity contribution in [1.82, 2.24) is 5.43 Å². The molecule has 2 aromatic rings. The van der Waals surface area contributed by atoms with Crippen LogP contribution in [-0.4, -0.2) is 6.04 Å². The monoisotopic (exact) mass is 308 g/mol. The van der Waals surface area contributed by atoms with Gasteiger partial charge in [-0.1, -0.05) is 59.6 Å². The van der Waals surface area contributed by atoms with E-state index in [2.05, 4.69) is 24.5 Å². The van der Waals surface area contributed by atoms with E-state index in [1.165, 1.54) is 11.1 Å². The van der Waals surface area contributed by atoms with Gasteiger partial charge in [0.1, 0.15) is 0 Å². The summed E-state index contributed by atoms with van der Waals surface area (Å²) in [6.45, 7) is 2.11. The topological polar surface area (TPSA) is 38.0 Å². The van der Waals surface area contributed by atoms with Gasteiger partial charge in [0.05, 0.1) is 10.0 Å². The summed E-state index contributed by atoms with van der Waals surface area (Å²) < 4.78 is 0. The van der Waals surface area contributed by atoms with Crippen LogP contribution in [0.3, 0.4) is 0 Å². The molecular weight excluding hydrogens is 291 g/mol. The minimum absolute atomic E-state index is 0.118. The molecule has 0 saturated carbocycles. The molecule has 0 aliphatic rings. The lowest BCUT2D eigenvalue weighted by Crippen LogP contribution is -2.38. The maximum absolute atomic E-state index is 6.23. The van der Waals surface area contributed by atoms with Gasteiger partial charge in [0, 0.05) is 6.04 Å². The second kappa shape index (κ2) is 7.09. The summed E-state index contributed by atoms with van der Waals surface area (Å²) >= 11 is 12.3. The van der Waals surface area contributed by atoms with E-state index in [0.717, 1.165) is 18.4 Å². The number of aryl methyl sites for hydroxylation is 1. The van der Waals surface area contributed by atoms with Gasteiger partial charge >= 0.3 is 0 Å². The van der Waals surface area contributed by atoms with Crippen LogP contribution in [0.25, 0.3) is 0 Å². The zero-order valence-corrected chi connectivity index (χ0v) is 12.9. The molecule has 3 N–H and O–H groups in total. The molecule has 20 heavy (non-hydrogen) atoms. The molecule has 0 saturated heterocycles. The molecule has 0 heterocycles. The Morgan fingerprint density at radius 2 is 1.65 bits per heavy atom. The minimum atomic E-state index is 0.118. The molecule has 1 unspecified atom stereocenters. The second-order valence-electron chi connectivity index (χ2n) is 4.91. The van der Waals surface area contributed by atoms with Crippen LogP contribution in [0.1, 0.15) is 16.7 Å². The van der Waals surface area contributed by atoms with Gasteiger partial charge < -0.3 is 0 Å². The lowest BCUT2D eigenvalue weighted by Gasteiger charge is -2.18. The third-order valence-electron chi connectivity index (χ3n) is 3.46. The van der Waals surface area contributed by atoms with Crippen molar-refractivity contribution in [2.75, 3.05) is 0 Å². The molecule has 0 spiro atoms. The highest BCUT2D eigenvalue weighted by Gasteiger charge is 2.13. The van der Waals surface area contributed by atoms with Crippen molar-refractivity contribution < 1.29 is 0 Å². The van der Waals surface area contributed by atoms with Gasteiger partial charge in [0.15, 0.2) is 0 Å². The summed E-state index contributed by atoms with van der Waals surface area (Å²) in [7, 11) is 0. The summed E-state index contributed by atoms with van der Waals surface area (Å²) in [5.74, 6) is 5.68. The number of benzene rings is 2. The molecule has 0 radical (unpaired) electrons. The van der Waals surface area contributed by atoms with E-state index < -0.39 is 0 Å². The number of halogens is 2. The maximum atomic E-state index is 6.23. The van der Waals surface area contributed by atoms with Gasteiger partial charge in [-0.25, -0.2) is 0 Å². The molecule has 106 valence electrons. The van der Waals surface area contributed by atoms with Crippen LogP contribution in [0.2, 0.25) is 10.0 Å². The Labute approximate surface area is 129 Å². The summed E-state index contributed by atoms with van der Waals surface area (Å²) in [6, 6.07) is 14.1. The van der Waals surface area contributed by atoms with Crippen molar-refractivity contribution in [1.29, 1.82) is 0 Å².